The second-order valence-corrected chi connectivity index (χ2v) is 3.08. The van der Waals surface area contributed by atoms with Crippen LogP contribution >= 0.6 is 0 Å². The first-order valence-electron chi connectivity index (χ1n) is 4.20. The normalized spacial score (nSPS) is 15.5. The van der Waals surface area contributed by atoms with E-state index in [0.29, 0.717) is 6.42 Å². The average molecular weight is 173 g/mol. The van der Waals surface area contributed by atoms with Gasteiger partial charge >= 0.3 is 5.97 Å². The summed E-state index contributed by atoms with van der Waals surface area (Å²) in [7, 11) is 2.03. The first-order valence-corrected chi connectivity index (χ1v) is 4.20. The van der Waals surface area contributed by atoms with Crippen molar-refractivity contribution >= 4 is 13.8 Å². The number of aliphatic hydroxyl groups excluding tert-OH is 1. The number of carbonyl (C=O) groups is 1. The van der Waals surface area contributed by atoms with Crippen molar-refractivity contribution in [2.45, 2.75) is 31.1 Å². The van der Waals surface area contributed by atoms with Gasteiger partial charge in [0, 0.05) is 0 Å². The summed E-state index contributed by atoms with van der Waals surface area (Å²) in [5, 5.41) is 17.4. The highest BCUT2D eigenvalue weighted by molar-refractivity contribution is 6.08. The lowest BCUT2D eigenvalue weighted by molar-refractivity contribution is -0.145. The van der Waals surface area contributed by atoms with Crippen LogP contribution in [0.3, 0.4) is 0 Å². The van der Waals surface area contributed by atoms with Crippen molar-refractivity contribution in [2.24, 2.45) is 5.73 Å². The van der Waals surface area contributed by atoms with E-state index in [9.17, 15) is 4.79 Å². The van der Waals surface area contributed by atoms with Gasteiger partial charge in [-0.25, -0.2) is 0 Å². The van der Waals surface area contributed by atoms with Crippen LogP contribution < -0.4 is 5.73 Å². The number of hydrogen-bond acceptors (Lipinski definition) is 3. The zero-order valence-corrected chi connectivity index (χ0v) is 7.42. The molecule has 0 saturated carbocycles. The molecule has 1 atom stereocenters. The highest BCUT2D eigenvalue weighted by atomic mass is 16.4. The largest absolute Gasteiger partial charge is 0.480 e. The van der Waals surface area contributed by atoms with E-state index in [1.165, 1.54) is 0 Å². The van der Waals surface area contributed by atoms with Gasteiger partial charge in [-0.15, -0.1) is 0 Å². The lowest BCUT2D eigenvalue weighted by atomic mass is 9.91. The van der Waals surface area contributed by atoms with Crippen LogP contribution in [-0.4, -0.2) is 36.2 Å². The van der Waals surface area contributed by atoms with E-state index in [1.54, 1.807) is 0 Å². The Balaban J connectivity index is 3.88. The summed E-state index contributed by atoms with van der Waals surface area (Å²) in [6.45, 7) is -0.494. The van der Waals surface area contributed by atoms with Crippen molar-refractivity contribution in [3.05, 3.63) is 0 Å². The van der Waals surface area contributed by atoms with Crippen LogP contribution in [0.25, 0.3) is 0 Å². The minimum Gasteiger partial charge on any atom is -0.480 e. The van der Waals surface area contributed by atoms with Gasteiger partial charge in [0.1, 0.15) is 13.4 Å². The predicted octanol–water partition coefficient (Wildman–Crippen LogP) is -1.02. The van der Waals surface area contributed by atoms with Gasteiger partial charge in [0.05, 0.1) is 6.61 Å². The molecule has 0 saturated heterocycles. The molecule has 0 spiro atoms. The molecular formula is C7H16BNO3. The molecule has 0 radical (unpaired) electrons. The average Bonchev–Trinajstić information content (AvgIpc) is 2.04. The lowest BCUT2D eigenvalue weighted by Gasteiger charge is -2.21. The smallest absolute Gasteiger partial charge is 0.326 e. The molecule has 4 nitrogen and oxygen atoms in total. The summed E-state index contributed by atoms with van der Waals surface area (Å²) >= 11 is 0. The Bertz CT molecular complexity index is 154. The standard InChI is InChI=1S/C7H16BNO3/c8-4-2-1-3-7(9,5-10)6(11)12/h10H,1-5,8-9H2,(H,11,12). The van der Waals surface area contributed by atoms with E-state index in [2.05, 4.69) is 0 Å². The first kappa shape index (κ1) is 11.5. The van der Waals surface area contributed by atoms with Crippen LogP contribution in [0.2, 0.25) is 6.32 Å². The SMILES string of the molecule is BCCCCC(N)(CO)C(=O)O. The number of nitrogens with two attached hydrogens (primary N) is 1. The van der Waals surface area contributed by atoms with Crippen molar-refractivity contribution in [3.8, 4) is 0 Å². The maximum absolute atomic E-state index is 10.6. The highest BCUT2D eigenvalue weighted by Gasteiger charge is 2.32. The maximum Gasteiger partial charge on any atom is 0.326 e. The number of hydrogen-bond donors (Lipinski definition) is 3. The number of aliphatic hydroxyl groups is 1. The Kier molecular flexibility index (Phi) is 4.93. The molecule has 0 aromatic heterocycles. The fourth-order valence-corrected chi connectivity index (χ4v) is 0.944. The summed E-state index contributed by atoms with van der Waals surface area (Å²) < 4.78 is 0. The number of unbranched alkanes of at least 4 members (excludes halogenated alkanes) is 1. The molecule has 0 fully saturated rings. The van der Waals surface area contributed by atoms with Crippen LogP contribution in [0, 0.1) is 0 Å². The molecule has 0 aromatic rings. The Hall–Kier alpha value is -0.545. The topological polar surface area (TPSA) is 83.5 Å². The second-order valence-electron chi connectivity index (χ2n) is 3.08. The number of aliphatic carboxylic acids is 1. The molecule has 70 valence electrons. The third-order valence-electron chi connectivity index (χ3n) is 1.93. The molecule has 0 rings (SSSR count). The Labute approximate surface area is 73.2 Å². The summed E-state index contributed by atoms with van der Waals surface area (Å²) in [5.74, 6) is -1.12. The summed E-state index contributed by atoms with van der Waals surface area (Å²) in [6.07, 6.45) is 3.06. The van der Waals surface area contributed by atoms with E-state index in [0.717, 1.165) is 19.2 Å². The van der Waals surface area contributed by atoms with Crippen molar-refractivity contribution in [1.82, 2.24) is 0 Å². The van der Waals surface area contributed by atoms with Gasteiger partial charge in [-0.3, -0.25) is 4.79 Å². The minimum atomic E-state index is -1.44. The predicted molar refractivity (Wildman–Crippen MR) is 48.8 cm³/mol. The number of carboxylic acid groups (broad SMARTS) is 1. The lowest BCUT2D eigenvalue weighted by Crippen LogP contribution is -2.51. The van der Waals surface area contributed by atoms with Crippen LogP contribution in [0.1, 0.15) is 19.3 Å². The molecule has 1 unspecified atom stereocenters. The fraction of sp³-hybridized carbons (Fsp3) is 0.857. The van der Waals surface area contributed by atoms with Crippen molar-refractivity contribution in [2.75, 3.05) is 6.61 Å². The molecule has 12 heavy (non-hydrogen) atoms. The van der Waals surface area contributed by atoms with Gasteiger partial charge in [-0.2, -0.15) is 0 Å². The van der Waals surface area contributed by atoms with Crippen molar-refractivity contribution < 1.29 is 15.0 Å². The van der Waals surface area contributed by atoms with E-state index < -0.39 is 18.1 Å². The van der Waals surface area contributed by atoms with Crippen molar-refractivity contribution in [1.29, 1.82) is 0 Å². The van der Waals surface area contributed by atoms with E-state index in [4.69, 9.17) is 15.9 Å². The molecule has 0 bridgehead atoms. The van der Waals surface area contributed by atoms with E-state index in [1.807, 2.05) is 7.85 Å². The number of carboxylic acids is 1. The first-order chi connectivity index (χ1) is 5.56. The molecule has 0 aromatic carbocycles. The second kappa shape index (κ2) is 5.16. The van der Waals surface area contributed by atoms with Gasteiger partial charge in [-0.1, -0.05) is 19.2 Å². The Morgan fingerprint density at radius 1 is 1.50 bits per heavy atom. The van der Waals surface area contributed by atoms with Crippen LogP contribution in [0.5, 0.6) is 0 Å². The molecule has 0 aliphatic carbocycles. The monoisotopic (exact) mass is 173 g/mol. The van der Waals surface area contributed by atoms with E-state index in [-0.39, 0.29) is 0 Å². The van der Waals surface area contributed by atoms with Crippen LogP contribution in [-0.2, 0) is 4.79 Å². The van der Waals surface area contributed by atoms with Gasteiger partial charge < -0.3 is 15.9 Å². The van der Waals surface area contributed by atoms with Gasteiger partial charge in [-0.05, 0) is 6.42 Å². The summed E-state index contributed by atoms with van der Waals surface area (Å²) in [4.78, 5) is 10.6. The molecule has 0 heterocycles. The van der Waals surface area contributed by atoms with Gasteiger partial charge in [0.25, 0.3) is 0 Å². The molecule has 0 aliphatic rings. The van der Waals surface area contributed by atoms with Crippen molar-refractivity contribution in [3.63, 3.8) is 0 Å². The third kappa shape index (κ3) is 3.23. The highest BCUT2D eigenvalue weighted by Crippen LogP contribution is 2.11. The summed E-state index contributed by atoms with van der Waals surface area (Å²) in [6, 6.07) is 0. The molecule has 0 amide bonds. The molecular weight excluding hydrogens is 157 g/mol. The molecule has 4 N–H and O–H groups in total. The fourth-order valence-electron chi connectivity index (χ4n) is 0.944. The molecule has 0 aliphatic heterocycles. The quantitative estimate of drug-likeness (QED) is 0.354. The summed E-state index contributed by atoms with van der Waals surface area (Å²) in [5.41, 5.74) is 4.00. The third-order valence-corrected chi connectivity index (χ3v) is 1.93. The van der Waals surface area contributed by atoms with Crippen LogP contribution in [0.4, 0.5) is 0 Å². The van der Waals surface area contributed by atoms with E-state index >= 15 is 0 Å². The Morgan fingerprint density at radius 2 is 2.08 bits per heavy atom. The zero-order valence-electron chi connectivity index (χ0n) is 7.42. The van der Waals surface area contributed by atoms with Gasteiger partial charge in [0.2, 0.25) is 0 Å². The number of rotatable bonds is 6. The minimum absolute atomic E-state index is 0.340. The van der Waals surface area contributed by atoms with Gasteiger partial charge in [0.15, 0.2) is 0 Å². The maximum atomic E-state index is 10.6. The Morgan fingerprint density at radius 3 is 2.42 bits per heavy atom. The zero-order chi connectivity index (χ0) is 9.61. The van der Waals surface area contributed by atoms with Crippen LogP contribution in [0.15, 0.2) is 0 Å². The molecule has 5 heteroatoms.